The van der Waals surface area contributed by atoms with E-state index in [2.05, 4.69) is 35.4 Å². The number of nitrogens with zero attached hydrogens (tertiary/aromatic N) is 2. The van der Waals surface area contributed by atoms with Gasteiger partial charge in [0.15, 0.2) is 5.82 Å². The summed E-state index contributed by atoms with van der Waals surface area (Å²) in [6.45, 7) is 6.04. The molecule has 0 aliphatic carbocycles. The van der Waals surface area contributed by atoms with Crippen LogP contribution in [0.25, 0.3) is 0 Å². The number of rotatable bonds is 5. The number of anilines is 1. The van der Waals surface area contributed by atoms with Crippen LogP contribution in [0.2, 0.25) is 0 Å². The predicted octanol–water partition coefficient (Wildman–Crippen LogP) is 2.76. The molecule has 2 aromatic rings. The molecule has 0 saturated heterocycles. The van der Waals surface area contributed by atoms with E-state index in [4.69, 9.17) is 4.52 Å². The van der Waals surface area contributed by atoms with Crippen LogP contribution in [0.1, 0.15) is 31.1 Å². The molecular weight excluding hydrogens is 254 g/mol. The van der Waals surface area contributed by atoms with Gasteiger partial charge in [0.25, 0.3) is 0 Å². The summed E-state index contributed by atoms with van der Waals surface area (Å²) in [5.41, 5.74) is 2.02. The maximum atomic E-state index is 11.9. The summed E-state index contributed by atoms with van der Waals surface area (Å²) >= 11 is 0. The molecule has 1 N–H and O–H groups in total. The van der Waals surface area contributed by atoms with Crippen molar-refractivity contribution in [2.24, 2.45) is 5.92 Å². The molecule has 0 bridgehead atoms. The van der Waals surface area contributed by atoms with Crippen LogP contribution in [0.4, 0.5) is 5.69 Å². The fourth-order valence-corrected chi connectivity index (χ4v) is 2.01. The van der Waals surface area contributed by atoms with Crippen molar-refractivity contribution in [3.05, 3.63) is 41.5 Å². The second-order valence-electron chi connectivity index (χ2n) is 5.25. The molecule has 5 nitrogen and oxygen atoms in total. The van der Waals surface area contributed by atoms with Crippen molar-refractivity contribution in [3.8, 4) is 0 Å². The lowest BCUT2D eigenvalue weighted by atomic mass is 10.0. The summed E-state index contributed by atoms with van der Waals surface area (Å²) in [4.78, 5) is 15.9. The van der Waals surface area contributed by atoms with E-state index < -0.39 is 0 Å². The lowest BCUT2D eigenvalue weighted by Gasteiger charge is -2.08. The Morgan fingerprint density at radius 2 is 2.20 bits per heavy atom. The molecule has 0 radical (unpaired) electrons. The Balaban J connectivity index is 1.97. The number of amides is 1. The average molecular weight is 273 g/mol. The Morgan fingerprint density at radius 1 is 1.40 bits per heavy atom. The number of carbonyl (C=O) groups is 1. The highest BCUT2D eigenvalue weighted by molar-refractivity contribution is 5.91. The fraction of sp³-hybridized carbons (Fsp3) is 0.400. The van der Waals surface area contributed by atoms with Crippen LogP contribution in [0.3, 0.4) is 0 Å². The first kappa shape index (κ1) is 14.2. The van der Waals surface area contributed by atoms with Crippen LogP contribution in [-0.4, -0.2) is 16.0 Å². The van der Waals surface area contributed by atoms with E-state index in [1.807, 2.05) is 18.2 Å². The molecule has 1 heterocycles. The van der Waals surface area contributed by atoms with E-state index in [0.717, 1.165) is 12.1 Å². The zero-order chi connectivity index (χ0) is 14.5. The van der Waals surface area contributed by atoms with Crippen molar-refractivity contribution in [2.45, 2.75) is 33.6 Å². The van der Waals surface area contributed by atoms with E-state index in [9.17, 15) is 4.79 Å². The Morgan fingerprint density at radius 3 is 2.85 bits per heavy atom. The molecule has 1 aromatic carbocycles. The van der Waals surface area contributed by atoms with E-state index in [-0.39, 0.29) is 12.3 Å². The van der Waals surface area contributed by atoms with E-state index in [1.54, 1.807) is 6.92 Å². The van der Waals surface area contributed by atoms with Crippen LogP contribution >= 0.6 is 0 Å². The number of benzene rings is 1. The number of carbonyl (C=O) groups excluding carboxylic acids is 1. The van der Waals surface area contributed by atoms with Gasteiger partial charge in [-0.05, 0) is 30.0 Å². The highest BCUT2D eigenvalue weighted by atomic mass is 16.5. The maximum Gasteiger partial charge on any atom is 0.232 e. The standard InChI is InChI=1S/C15H19N3O2/c1-10(2)7-12-5-4-6-13(8-12)17-15(19)9-14-16-11(3)20-18-14/h4-6,8,10H,7,9H2,1-3H3,(H,17,19). The Kier molecular flexibility index (Phi) is 4.50. The molecule has 5 heteroatoms. The van der Waals surface area contributed by atoms with Gasteiger partial charge >= 0.3 is 0 Å². The number of hydrogen-bond acceptors (Lipinski definition) is 4. The minimum atomic E-state index is -0.146. The Labute approximate surface area is 118 Å². The van der Waals surface area contributed by atoms with Gasteiger partial charge in [0.1, 0.15) is 0 Å². The van der Waals surface area contributed by atoms with Crippen molar-refractivity contribution < 1.29 is 9.32 Å². The summed E-state index contributed by atoms with van der Waals surface area (Å²) in [5.74, 6) is 1.31. The van der Waals surface area contributed by atoms with Gasteiger partial charge in [-0.25, -0.2) is 0 Å². The average Bonchev–Trinajstić information content (AvgIpc) is 2.74. The molecule has 0 atom stereocenters. The van der Waals surface area contributed by atoms with E-state index in [1.165, 1.54) is 5.56 Å². The van der Waals surface area contributed by atoms with Crippen molar-refractivity contribution in [1.29, 1.82) is 0 Å². The number of aryl methyl sites for hydroxylation is 1. The summed E-state index contributed by atoms with van der Waals surface area (Å²) in [6, 6.07) is 7.90. The van der Waals surface area contributed by atoms with Crippen LogP contribution in [0.5, 0.6) is 0 Å². The van der Waals surface area contributed by atoms with Crippen LogP contribution < -0.4 is 5.32 Å². The summed E-state index contributed by atoms with van der Waals surface area (Å²) in [5, 5.41) is 6.56. The van der Waals surface area contributed by atoms with Gasteiger partial charge in [0, 0.05) is 12.6 Å². The molecule has 106 valence electrons. The number of hydrogen-bond donors (Lipinski definition) is 1. The monoisotopic (exact) mass is 273 g/mol. The van der Waals surface area contributed by atoms with Gasteiger partial charge in [0.2, 0.25) is 11.8 Å². The lowest BCUT2D eigenvalue weighted by Crippen LogP contribution is -2.15. The van der Waals surface area contributed by atoms with Crippen molar-refractivity contribution >= 4 is 11.6 Å². The second kappa shape index (κ2) is 6.32. The molecule has 0 aliphatic rings. The van der Waals surface area contributed by atoms with Crippen molar-refractivity contribution in [3.63, 3.8) is 0 Å². The normalized spacial score (nSPS) is 10.8. The highest BCUT2D eigenvalue weighted by Crippen LogP contribution is 2.14. The molecule has 0 spiro atoms. The molecular formula is C15H19N3O2. The van der Waals surface area contributed by atoms with Gasteiger partial charge in [-0.15, -0.1) is 0 Å². The third-order valence-electron chi connectivity index (χ3n) is 2.74. The molecule has 0 fully saturated rings. The van der Waals surface area contributed by atoms with Crippen LogP contribution in [-0.2, 0) is 17.6 Å². The van der Waals surface area contributed by atoms with Gasteiger partial charge < -0.3 is 9.84 Å². The zero-order valence-electron chi connectivity index (χ0n) is 12.0. The Hall–Kier alpha value is -2.17. The first-order chi connectivity index (χ1) is 9.52. The van der Waals surface area contributed by atoms with Gasteiger partial charge in [-0.3, -0.25) is 4.79 Å². The lowest BCUT2D eigenvalue weighted by molar-refractivity contribution is -0.115. The summed E-state index contributed by atoms with van der Waals surface area (Å²) < 4.78 is 4.84. The molecule has 2 rings (SSSR count). The predicted molar refractivity (Wildman–Crippen MR) is 76.4 cm³/mol. The first-order valence-electron chi connectivity index (χ1n) is 6.71. The quantitative estimate of drug-likeness (QED) is 0.909. The SMILES string of the molecule is Cc1nc(CC(=O)Nc2cccc(CC(C)C)c2)no1. The van der Waals surface area contributed by atoms with Crippen molar-refractivity contribution in [1.82, 2.24) is 10.1 Å². The molecule has 1 amide bonds. The molecule has 0 aliphatic heterocycles. The number of nitrogens with one attached hydrogen (secondary N) is 1. The first-order valence-corrected chi connectivity index (χ1v) is 6.71. The molecule has 0 unspecified atom stereocenters. The maximum absolute atomic E-state index is 11.9. The fourth-order valence-electron chi connectivity index (χ4n) is 2.01. The largest absolute Gasteiger partial charge is 0.340 e. The van der Waals surface area contributed by atoms with Gasteiger partial charge in [-0.2, -0.15) is 4.98 Å². The molecule has 1 aromatic heterocycles. The highest BCUT2D eigenvalue weighted by Gasteiger charge is 2.09. The summed E-state index contributed by atoms with van der Waals surface area (Å²) in [7, 11) is 0. The van der Waals surface area contributed by atoms with Crippen molar-refractivity contribution in [2.75, 3.05) is 5.32 Å². The molecule has 0 saturated carbocycles. The van der Waals surface area contributed by atoms with Crippen LogP contribution in [0, 0.1) is 12.8 Å². The zero-order valence-corrected chi connectivity index (χ0v) is 12.0. The second-order valence-corrected chi connectivity index (χ2v) is 5.25. The number of aromatic nitrogens is 2. The third-order valence-corrected chi connectivity index (χ3v) is 2.74. The summed E-state index contributed by atoms with van der Waals surface area (Å²) in [6.07, 6.45) is 1.11. The Bertz CT molecular complexity index is 590. The third kappa shape index (κ3) is 4.19. The minimum absolute atomic E-state index is 0.117. The topological polar surface area (TPSA) is 68.0 Å². The van der Waals surface area contributed by atoms with E-state index in [0.29, 0.717) is 17.6 Å². The van der Waals surface area contributed by atoms with Crippen LogP contribution in [0.15, 0.2) is 28.8 Å². The van der Waals surface area contributed by atoms with Gasteiger partial charge in [-0.1, -0.05) is 31.1 Å². The smallest absolute Gasteiger partial charge is 0.232 e. The molecule has 20 heavy (non-hydrogen) atoms. The van der Waals surface area contributed by atoms with E-state index >= 15 is 0 Å². The minimum Gasteiger partial charge on any atom is -0.340 e. The van der Waals surface area contributed by atoms with Gasteiger partial charge in [0.05, 0.1) is 6.42 Å².